The molecular weight excluding hydrogens is 168 g/mol. The van der Waals surface area contributed by atoms with E-state index in [0.717, 1.165) is 32.9 Å². The molecule has 0 radical (unpaired) electrons. The Hall–Kier alpha value is -0.160. The average Bonchev–Trinajstić information content (AvgIpc) is 2.15. The summed E-state index contributed by atoms with van der Waals surface area (Å²) in [4.78, 5) is 2.34. The summed E-state index contributed by atoms with van der Waals surface area (Å²) in [7, 11) is 2.14. The second-order valence-electron chi connectivity index (χ2n) is 4.03. The van der Waals surface area contributed by atoms with Gasteiger partial charge in [-0.15, -0.1) is 0 Å². The van der Waals surface area contributed by atoms with Crippen LogP contribution in [0, 0.1) is 0 Å². The smallest absolute Gasteiger partial charge is 0.105 e. The molecule has 2 rings (SSSR count). The van der Waals surface area contributed by atoms with Crippen LogP contribution in [-0.2, 0) is 9.47 Å². The summed E-state index contributed by atoms with van der Waals surface area (Å²) in [6, 6.07) is 0. The first-order valence-electron chi connectivity index (χ1n) is 4.87. The highest BCUT2D eigenvalue weighted by Crippen LogP contribution is 2.21. The highest BCUT2D eigenvalue weighted by molar-refractivity contribution is 4.96. The highest BCUT2D eigenvalue weighted by atomic mass is 16.5. The maximum Gasteiger partial charge on any atom is 0.105 e. The maximum atomic E-state index is 5.61. The fraction of sp³-hybridized carbons (Fsp3) is 1.00. The van der Waals surface area contributed by atoms with E-state index in [0.29, 0.717) is 0 Å². The largest absolute Gasteiger partial charge is 0.378 e. The van der Waals surface area contributed by atoms with Gasteiger partial charge in [-0.05, 0) is 14.0 Å². The first-order valence-corrected chi connectivity index (χ1v) is 4.87. The van der Waals surface area contributed by atoms with E-state index >= 15 is 0 Å². The number of rotatable bonds is 0. The molecule has 1 spiro atoms. The molecule has 2 saturated heterocycles. The zero-order valence-corrected chi connectivity index (χ0v) is 8.38. The summed E-state index contributed by atoms with van der Waals surface area (Å²) < 4.78 is 11.1. The summed E-state index contributed by atoms with van der Waals surface area (Å²) in [5.41, 5.74) is 0.0742. The fourth-order valence-corrected chi connectivity index (χ4v) is 1.87. The molecule has 76 valence electrons. The third kappa shape index (κ3) is 1.72. The summed E-state index contributed by atoms with van der Waals surface area (Å²) in [5, 5.41) is 3.33. The van der Waals surface area contributed by atoms with Gasteiger partial charge in [0, 0.05) is 13.1 Å². The summed E-state index contributed by atoms with van der Waals surface area (Å²) in [6.07, 6.45) is 0.181. The van der Waals surface area contributed by atoms with Crippen molar-refractivity contribution in [3.8, 4) is 0 Å². The van der Waals surface area contributed by atoms with Gasteiger partial charge in [0.25, 0.3) is 0 Å². The Labute approximate surface area is 79.2 Å². The van der Waals surface area contributed by atoms with E-state index < -0.39 is 0 Å². The minimum Gasteiger partial charge on any atom is -0.378 e. The van der Waals surface area contributed by atoms with Crippen LogP contribution in [0.1, 0.15) is 6.92 Å². The van der Waals surface area contributed by atoms with Gasteiger partial charge in [0.05, 0.1) is 25.4 Å². The van der Waals surface area contributed by atoms with Crippen molar-refractivity contribution in [2.45, 2.75) is 18.7 Å². The van der Waals surface area contributed by atoms with Crippen molar-refractivity contribution >= 4 is 0 Å². The van der Waals surface area contributed by atoms with Gasteiger partial charge in [0.15, 0.2) is 0 Å². The monoisotopic (exact) mass is 186 g/mol. The predicted octanol–water partition coefficient (Wildman–Crippen LogP) is -0.347. The maximum absolute atomic E-state index is 5.61. The van der Waals surface area contributed by atoms with E-state index in [-0.39, 0.29) is 11.8 Å². The van der Waals surface area contributed by atoms with Crippen LogP contribution in [0.4, 0.5) is 0 Å². The second-order valence-corrected chi connectivity index (χ2v) is 4.03. The molecule has 0 aromatic carbocycles. The molecular formula is C9H18N2O2. The Balaban J connectivity index is 2.01. The number of nitrogens with zero attached hydrogens (tertiary/aromatic N) is 1. The molecule has 2 fully saturated rings. The lowest BCUT2D eigenvalue weighted by atomic mass is 9.97. The van der Waals surface area contributed by atoms with Crippen LogP contribution in [0.2, 0.25) is 0 Å². The summed E-state index contributed by atoms with van der Waals surface area (Å²) in [5.74, 6) is 0. The summed E-state index contributed by atoms with van der Waals surface area (Å²) in [6.45, 7) is 6.40. The van der Waals surface area contributed by atoms with Crippen molar-refractivity contribution in [2.75, 3.05) is 40.0 Å². The zero-order valence-electron chi connectivity index (χ0n) is 8.38. The molecule has 0 aromatic heterocycles. The lowest BCUT2D eigenvalue weighted by molar-refractivity contribution is -0.137. The van der Waals surface area contributed by atoms with Crippen molar-refractivity contribution in [1.29, 1.82) is 0 Å². The van der Waals surface area contributed by atoms with Crippen LogP contribution in [0.25, 0.3) is 0 Å². The molecule has 13 heavy (non-hydrogen) atoms. The van der Waals surface area contributed by atoms with Gasteiger partial charge < -0.3 is 9.47 Å². The van der Waals surface area contributed by atoms with E-state index in [9.17, 15) is 0 Å². The minimum absolute atomic E-state index is 0.0742. The standard InChI is InChI=1S/C9H18N2O2/c1-8-10-5-9(7-13-8)6-12-4-3-11(9)2/h8,10H,3-7H2,1-2H3. The van der Waals surface area contributed by atoms with E-state index in [1.54, 1.807) is 0 Å². The van der Waals surface area contributed by atoms with Gasteiger partial charge in [0.2, 0.25) is 0 Å². The molecule has 0 aromatic rings. The normalized spacial score (nSPS) is 42.5. The first-order chi connectivity index (χ1) is 6.23. The number of likely N-dealkylation sites (N-methyl/N-ethyl adjacent to an activating group) is 1. The summed E-state index contributed by atoms with van der Waals surface area (Å²) >= 11 is 0. The molecule has 2 aliphatic rings. The second kappa shape index (κ2) is 3.53. The molecule has 0 amide bonds. The highest BCUT2D eigenvalue weighted by Gasteiger charge is 2.40. The van der Waals surface area contributed by atoms with Gasteiger partial charge in [-0.1, -0.05) is 0 Å². The molecule has 0 bridgehead atoms. The van der Waals surface area contributed by atoms with Crippen LogP contribution in [0.15, 0.2) is 0 Å². The fourth-order valence-electron chi connectivity index (χ4n) is 1.87. The Morgan fingerprint density at radius 2 is 2.31 bits per heavy atom. The van der Waals surface area contributed by atoms with E-state index in [4.69, 9.17) is 9.47 Å². The molecule has 4 heteroatoms. The Bertz CT molecular complexity index is 178. The van der Waals surface area contributed by atoms with Crippen molar-refractivity contribution in [3.63, 3.8) is 0 Å². The van der Waals surface area contributed by atoms with Crippen molar-refractivity contribution in [1.82, 2.24) is 10.2 Å². The van der Waals surface area contributed by atoms with Crippen molar-refractivity contribution in [2.24, 2.45) is 0 Å². The molecule has 2 unspecified atom stereocenters. The van der Waals surface area contributed by atoms with Gasteiger partial charge in [-0.2, -0.15) is 0 Å². The molecule has 2 atom stereocenters. The molecule has 2 aliphatic heterocycles. The van der Waals surface area contributed by atoms with Crippen molar-refractivity contribution < 1.29 is 9.47 Å². The average molecular weight is 186 g/mol. The first kappa shape index (κ1) is 9.40. The van der Waals surface area contributed by atoms with Crippen LogP contribution in [0.3, 0.4) is 0 Å². The quantitative estimate of drug-likeness (QED) is 0.561. The van der Waals surface area contributed by atoms with Crippen LogP contribution >= 0.6 is 0 Å². The Morgan fingerprint density at radius 3 is 2.92 bits per heavy atom. The van der Waals surface area contributed by atoms with Gasteiger partial charge >= 0.3 is 0 Å². The number of nitrogens with one attached hydrogen (secondary N) is 1. The van der Waals surface area contributed by atoms with Gasteiger partial charge in [0.1, 0.15) is 6.23 Å². The third-order valence-electron chi connectivity index (χ3n) is 3.07. The predicted molar refractivity (Wildman–Crippen MR) is 49.6 cm³/mol. The molecule has 1 N–H and O–H groups in total. The van der Waals surface area contributed by atoms with Gasteiger partial charge in [-0.25, -0.2) is 0 Å². The lowest BCUT2D eigenvalue weighted by Crippen LogP contribution is -2.66. The number of hydrogen-bond donors (Lipinski definition) is 1. The van der Waals surface area contributed by atoms with E-state index in [1.165, 1.54) is 0 Å². The molecule has 0 aliphatic carbocycles. The molecule has 2 heterocycles. The van der Waals surface area contributed by atoms with Gasteiger partial charge in [-0.3, -0.25) is 10.2 Å². The van der Waals surface area contributed by atoms with Crippen LogP contribution < -0.4 is 5.32 Å². The molecule has 0 saturated carbocycles. The lowest BCUT2D eigenvalue weighted by Gasteiger charge is -2.48. The van der Waals surface area contributed by atoms with E-state index in [1.807, 2.05) is 6.92 Å². The SMILES string of the molecule is CC1NCC2(COCCN2C)CO1. The number of morpholine rings is 1. The Kier molecular flexibility index (Phi) is 2.55. The third-order valence-corrected chi connectivity index (χ3v) is 3.07. The molecule has 4 nitrogen and oxygen atoms in total. The van der Waals surface area contributed by atoms with Crippen LogP contribution in [-0.4, -0.2) is 56.6 Å². The Morgan fingerprint density at radius 1 is 1.46 bits per heavy atom. The number of ether oxygens (including phenoxy) is 2. The zero-order chi connectivity index (χ0) is 9.31. The number of hydrogen-bond acceptors (Lipinski definition) is 4. The topological polar surface area (TPSA) is 33.7 Å². The van der Waals surface area contributed by atoms with Crippen molar-refractivity contribution in [3.05, 3.63) is 0 Å². The van der Waals surface area contributed by atoms with E-state index in [2.05, 4.69) is 17.3 Å². The minimum atomic E-state index is 0.0742. The van der Waals surface area contributed by atoms with Crippen LogP contribution in [0.5, 0.6) is 0 Å².